The zero-order valence-corrected chi connectivity index (χ0v) is 19.7. The number of pyridine rings is 1. The Morgan fingerprint density at radius 3 is 2.87 bits per heavy atom. The van der Waals surface area contributed by atoms with Gasteiger partial charge >= 0.3 is 0 Å². The van der Waals surface area contributed by atoms with Crippen LogP contribution in [0.5, 0.6) is 5.75 Å². The molecule has 2 fully saturated rings. The normalized spacial score (nSPS) is 25.8. The fraction of sp³-hybridized carbons (Fsp3) is 0.444. The minimum absolute atomic E-state index is 0.147. The predicted molar refractivity (Wildman–Crippen MR) is 129 cm³/mol. The first-order chi connectivity index (χ1) is 15.1. The lowest BCUT2D eigenvalue weighted by atomic mass is 9.58. The Morgan fingerprint density at radius 2 is 2.03 bits per heavy atom. The fourth-order valence-corrected chi connectivity index (χ4v) is 6.48. The summed E-state index contributed by atoms with van der Waals surface area (Å²) >= 11 is 3.74. The second-order valence-corrected chi connectivity index (χ2v) is 10.7. The summed E-state index contributed by atoms with van der Waals surface area (Å²) in [7, 11) is 1.77. The zero-order valence-electron chi connectivity index (χ0n) is 18.1. The summed E-state index contributed by atoms with van der Waals surface area (Å²) in [6.07, 6.45) is 6.19. The minimum atomic E-state index is 0.147. The van der Waals surface area contributed by atoms with Crippen LogP contribution in [0, 0.1) is 11.8 Å². The molecular weight excluding hydrogens is 448 g/mol. The lowest BCUT2D eigenvalue weighted by Crippen LogP contribution is -2.54. The zero-order chi connectivity index (χ0) is 21.0. The molecule has 3 aromatic rings. The molecule has 1 saturated heterocycles. The molecule has 2 atom stereocenters. The molecule has 0 bridgehead atoms. The van der Waals surface area contributed by atoms with Crippen molar-refractivity contribution in [1.29, 1.82) is 0 Å². The minimum Gasteiger partial charge on any atom is -0.497 e. The van der Waals surface area contributed by atoms with E-state index >= 15 is 0 Å². The summed E-state index contributed by atoms with van der Waals surface area (Å²) < 4.78 is 6.76. The van der Waals surface area contributed by atoms with E-state index in [4.69, 9.17) is 9.72 Å². The third-order valence-electron chi connectivity index (χ3n) is 7.92. The van der Waals surface area contributed by atoms with Crippen LogP contribution in [0.25, 0.3) is 10.9 Å². The van der Waals surface area contributed by atoms with Crippen LogP contribution < -0.4 is 4.74 Å². The summed E-state index contributed by atoms with van der Waals surface area (Å²) in [6, 6.07) is 17.6. The summed E-state index contributed by atoms with van der Waals surface area (Å²) in [4.78, 5) is 7.93. The molecule has 0 amide bonds. The topological polar surface area (TPSA) is 25.4 Å². The molecule has 1 aliphatic heterocycles. The summed E-state index contributed by atoms with van der Waals surface area (Å²) in [5, 5.41) is 1.24. The van der Waals surface area contributed by atoms with Crippen molar-refractivity contribution in [1.82, 2.24) is 9.88 Å². The maximum atomic E-state index is 5.61. The van der Waals surface area contributed by atoms with Crippen LogP contribution in [-0.2, 0) is 18.3 Å². The Labute approximate surface area is 192 Å². The molecule has 2 aliphatic carbocycles. The number of aromatic nitrogens is 1. The van der Waals surface area contributed by atoms with Crippen molar-refractivity contribution in [2.45, 2.75) is 37.5 Å². The SMILES string of the molecule is COc1cccc([C@@]23CCN(CC4CC4)C[C@@H]2Cc2cc4c(Br)cccc4nc2C3)c1. The molecule has 0 spiro atoms. The Morgan fingerprint density at radius 1 is 1.16 bits per heavy atom. The van der Waals surface area contributed by atoms with Gasteiger partial charge in [-0.1, -0.05) is 34.1 Å². The number of likely N-dealkylation sites (tertiary alicyclic amines) is 1. The van der Waals surface area contributed by atoms with Gasteiger partial charge in [-0.25, -0.2) is 0 Å². The molecule has 31 heavy (non-hydrogen) atoms. The Kier molecular flexibility index (Phi) is 4.84. The van der Waals surface area contributed by atoms with Gasteiger partial charge in [0.05, 0.1) is 12.6 Å². The van der Waals surface area contributed by atoms with Gasteiger partial charge in [0.25, 0.3) is 0 Å². The maximum absolute atomic E-state index is 5.61. The number of nitrogens with zero attached hydrogens (tertiary/aromatic N) is 2. The fourth-order valence-electron chi connectivity index (χ4n) is 6.01. The van der Waals surface area contributed by atoms with Gasteiger partial charge in [-0.2, -0.15) is 0 Å². The van der Waals surface area contributed by atoms with Crippen molar-refractivity contribution >= 4 is 26.8 Å². The van der Waals surface area contributed by atoms with E-state index in [1.54, 1.807) is 7.11 Å². The highest BCUT2D eigenvalue weighted by Gasteiger charge is 2.48. The molecular formula is C27H29BrN2O. The third-order valence-corrected chi connectivity index (χ3v) is 8.61. The highest BCUT2D eigenvalue weighted by atomic mass is 79.9. The van der Waals surface area contributed by atoms with Crippen molar-refractivity contribution in [3.63, 3.8) is 0 Å². The van der Waals surface area contributed by atoms with Crippen LogP contribution in [0.15, 0.2) is 53.0 Å². The standard InChI is InChI=1S/C27H29BrN2O/c1-31-22-5-2-4-20(14-22)27-10-11-30(16-18-8-9-18)17-21(27)12-19-13-23-24(28)6-3-7-25(23)29-26(19)15-27/h2-7,13-14,18,21H,8-12,15-17H2,1H3/t21-,27-/m0/s1. The molecule has 0 unspecified atom stereocenters. The second-order valence-electron chi connectivity index (χ2n) is 9.82. The summed E-state index contributed by atoms with van der Waals surface area (Å²) in [5.41, 5.74) is 5.41. The Balaban J connectivity index is 1.44. The van der Waals surface area contributed by atoms with E-state index < -0.39 is 0 Å². The number of fused-ring (bicyclic) bond motifs is 3. The van der Waals surface area contributed by atoms with E-state index in [0.717, 1.165) is 34.5 Å². The smallest absolute Gasteiger partial charge is 0.119 e. The van der Waals surface area contributed by atoms with E-state index in [9.17, 15) is 0 Å². The number of methoxy groups -OCH3 is 1. The number of hydrogen-bond donors (Lipinski definition) is 0. The molecule has 2 aromatic carbocycles. The number of benzene rings is 2. The first-order valence-corrected chi connectivity index (χ1v) is 12.4. The van der Waals surface area contributed by atoms with E-state index in [1.165, 1.54) is 61.1 Å². The molecule has 4 heteroatoms. The molecule has 3 nitrogen and oxygen atoms in total. The van der Waals surface area contributed by atoms with Crippen molar-refractivity contribution in [2.75, 3.05) is 26.7 Å². The molecule has 1 aromatic heterocycles. The number of rotatable bonds is 4. The van der Waals surface area contributed by atoms with Crippen LogP contribution in [0.4, 0.5) is 0 Å². The van der Waals surface area contributed by atoms with E-state index in [1.807, 2.05) is 0 Å². The highest BCUT2D eigenvalue weighted by Crippen LogP contribution is 2.49. The molecule has 2 heterocycles. The highest BCUT2D eigenvalue weighted by molar-refractivity contribution is 9.10. The maximum Gasteiger partial charge on any atom is 0.119 e. The van der Waals surface area contributed by atoms with Crippen molar-refractivity contribution < 1.29 is 4.74 Å². The predicted octanol–water partition coefficient (Wildman–Crippen LogP) is 5.77. The van der Waals surface area contributed by atoms with Crippen LogP contribution in [0.1, 0.15) is 36.1 Å². The van der Waals surface area contributed by atoms with Gasteiger partial charge in [0.2, 0.25) is 0 Å². The van der Waals surface area contributed by atoms with Gasteiger partial charge < -0.3 is 9.64 Å². The second kappa shape index (κ2) is 7.60. The number of piperidine rings is 1. The van der Waals surface area contributed by atoms with Gasteiger partial charge in [0.15, 0.2) is 0 Å². The van der Waals surface area contributed by atoms with Gasteiger partial charge in [-0.05, 0) is 85.5 Å². The molecule has 1 saturated carbocycles. The van der Waals surface area contributed by atoms with Crippen LogP contribution >= 0.6 is 15.9 Å². The molecule has 160 valence electrons. The van der Waals surface area contributed by atoms with Gasteiger partial charge in [0.1, 0.15) is 5.75 Å². The van der Waals surface area contributed by atoms with E-state index in [0.29, 0.717) is 5.92 Å². The van der Waals surface area contributed by atoms with Crippen molar-refractivity contribution in [3.05, 3.63) is 69.8 Å². The average Bonchev–Trinajstić information content (AvgIpc) is 3.61. The van der Waals surface area contributed by atoms with Gasteiger partial charge in [-0.3, -0.25) is 4.98 Å². The summed E-state index contributed by atoms with van der Waals surface area (Å²) in [5.74, 6) is 2.52. The summed E-state index contributed by atoms with van der Waals surface area (Å²) in [6.45, 7) is 3.68. The number of halogens is 1. The first kappa shape index (κ1) is 19.8. The number of ether oxygens (including phenoxy) is 1. The Bertz CT molecular complexity index is 1140. The van der Waals surface area contributed by atoms with Crippen LogP contribution in [0.3, 0.4) is 0 Å². The van der Waals surface area contributed by atoms with E-state index in [-0.39, 0.29) is 5.41 Å². The monoisotopic (exact) mass is 476 g/mol. The molecule has 0 N–H and O–H groups in total. The molecule has 0 radical (unpaired) electrons. The van der Waals surface area contributed by atoms with Gasteiger partial charge in [-0.15, -0.1) is 0 Å². The lowest BCUT2D eigenvalue weighted by molar-refractivity contribution is 0.0777. The quantitative estimate of drug-likeness (QED) is 0.477. The van der Waals surface area contributed by atoms with Crippen LogP contribution in [-0.4, -0.2) is 36.6 Å². The van der Waals surface area contributed by atoms with Crippen molar-refractivity contribution in [2.24, 2.45) is 11.8 Å². The van der Waals surface area contributed by atoms with Crippen molar-refractivity contribution in [3.8, 4) is 5.75 Å². The lowest BCUT2D eigenvalue weighted by Gasteiger charge is -2.51. The molecule has 6 rings (SSSR count). The van der Waals surface area contributed by atoms with Gasteiger partial charge in [0, 0.05) is 40.5 Å². The van der Waals surface area contributed by atoms with E-state index in [2.05, 4.69) is 69.4 Å². The third kappa shape index (κ3) is 3.48. The van der Waals surface area contributed by atoms with Crippen LogP contribution in [0.2, 0.25) is 0 Å². The number of hydrogen-bond acceptors (Lipinski definition) is 3. The first-order valence-electron chi connectivity index (χ1n) is 11.6. The molecule has 3 aliphatic rings. The largest absolute Gasteiger partial charge is 0.497 e. The average molecular weight is 477 g/mol. The Hall–Kier alpha value is -1.91.